The predicted octanol–water partition coefficient (Wildman–Crippen LogP) is 6.19. The van der Waals surface area contributed by atoms with E-state index in [0.29, 0.717) is 21.4 Å². The normalized spacial score (nSPS) is 10.3. The van der Waals surface area contributed by atoms with Gasteiger partial charge in [0.05, 0.1) is 21.4 Å². The van der Waals surface area contributed by atoms with Gasteiger partial charge in [0, 0.05) is 11.4 Å². The van der Waals surface area contributed by atoms with Gasteiger partial charge in [-0.3, -0.25) is 0 Å². The highest BCUT2D eigenvalue weighted by Crippen LogP contribution is 2.24. The summed E-state index contributed by atoms with van der Waals surface area (Å²) in [6.45, 7) is 0. The number of halogens is 2. The molecular formula is C26H26Cl2N4. The fraction of sp³-hybridized carbons (Fsp3) is 0.0769. The van der Waals surface area contributed by atoms with E-state index in [1.807, 2.05) is 72.8 Å². The van der Waals surface area contributed by atoms with Gasteiger partial charge in [-0.1, -0.05) is 59.6 Å². The molecule has 4 nitrogen and oxygen atoms in total. The predicted molar refractivity (Wildman–Crippen MR) is 139 cm³/mol. The van der Waals surface area contributed by atoms with Crippen LogP contribution in [0.15, 0.2) is 84.9 Å². The zero-order valence-electron chi connectivity index (χ0n) is 17.6. The van der Waals surface area contributed by atoms with E-state index in [1.165, 1.54) is 11.1 Å². The van der Waals surface area contributed by atoms with E-state index in [-0.39, 0.29) is 0 Å². The van der Waals surface area contributed by atoms with Crippen LogP contribution in [-0.4, -0.2) is 0 Å². The molecule has 32 heavy (non-hydrogen) atoms. The number of nitrogen functional groups attached to an aromatic ring is 4. The summed E-state index contributed by atoms with van der Waals surface area (Å²) >= 11 is 11.9. The summed E-state index contributed by atoms with van der Waals surface area (Å²) in [5, 5.41) is 1.15. The molecule has 0 atom stereocenters. The highest BCUT2D eigenvalue weighted by Gasteiger charge is 2.02. The molecule has 4 aromatic rings. The minimum Gasteiger partial charge on any atom is -0.399 e. The molecule has 4 aromatic carbocycles. The summed E-state index contributed by atoms with van der Waals surface area (Å²) in [6.07, 6.45) is 1.67. The van der Waals surface area contributed by atoms with Gasteiger partial charge in [0.25, 0.3) is 0 Å². The van der Waals surface area contributed by atoms with Crippen LogP contribution in [0.5, 0.6) is 0 Å². The molecule has 0 amide bonds. The summed E-state index contributed by atoms with van der Waals surface area (Å²) < 4.78 is 0. The molecule has 0 aliphatic carbocycles. The van der Waals surface area contributed by atoms with Crippen molar-refractivity contribution < 1.29 is 0 Å². The van der Waals surface area contributed by atoms with Crippen LogP contribution < -0.4 is 22.9 Å². The molecule has 0 aromatic heterocycles. The third kappa shape index (κ3) is 6.84. The maximum Gasteiger partial charge on any atom is 0.0638 e. The molecule has 0 aliphatic heterocycles. The zero-order chi connectivity index (χ0) is 23.1. The van der Waals surface area contributed by atoms with E-state index in [1.54, 1.807) is 12.1 Å². The van der Waals surface area contributed by atoms with Crippen LogP contribution in [0.4, 0.5) is 22.7 Å². The van der Waals surface area contributed by atoms with Gasteiger partial charge in [-0.05, 0) is 83.6 Å². The molecule has 4 rings (SSSR count). The molecule has 0 radical (unpaired) electrons. The monoisotopic (exact) mass is 464 g/mol. The third-order valence-corrected chi connectivity index (χ3v) is 5.56. The standard InChI is InChI=1S/C13H12Cl2N2.C13H14N2/c14-10-6-8(1-3-12(10)16)5-9-2-4-13(17)11(15)7-9;14-12-5-1-10(2-6-12)9-11-3-7-13(15)8-4-11/h1-4,6-7H,5,16-17H2;1-8H,9,14-15H2. The summed E-state index contributed by atoms with van der Waals surface area (Å²) in [5.41, 5.74) is 30.0. The molecular weight excluding hydrogens is 439 g/mol. The maximum absolute atomic E-state index is 5.97. The average Bonchev–Trinajstić information content (AvgIpc) is 2.77. The smallest absolute Gasteiger partial charge is 0.0638 e. The van der Waals surface area contributed by atoms with E-state index < -0.39 is 0 Å². The van der Waals surface area contributed by atoms with E-state index in [9.17, 15) is 0 Å². The fourth-order valence-corrected chi connectivity index (χ4v) is 3.51. The fourth-order valence-electron chi connectivity index (χ4n) is 3.10. The van der Waals surface area contributed by atoms with Crippen molar-refractivity contribution in [3.63, 3.8) is 0 Å². The van der Waals surface area contributed by atoms with Crippen LogP contribution in [0.3, 0.4) is 0 Å². The van der Waals surface area contributed by atoms with E-state index in [4.69, 9.17) is 46.1 Å². The molecule has 0 bridgehead atoms. The second kappa shape index (κ2) is 10.8. The molecule has 8 N–H and O–H groups in total. The van der Waals surface area contributed by atoms with Crippen LogP contribution in [-0.2, 0) is 12.8 Å². The van der Waals surface area contributed by atoms with Crippen molar-refractivity contribution in [2.45, 2.75) is 12.8 Å². The highest BCUT2D eigenvalue weighted by atomic mass is 35.5. The first-order valence-electron chi connectivity index (χ1n) is 10.1. The maximum atomic E-state index is 5.97. The highest BCUT2D eigenvalue weighted by molar-refractivity contribution is 6.33. The molecule has 164 valence electrons. The summed E-state index contributed by atoms with van der Waals surface area (Å²) in [5.74, 6) is 0. The Morgan fingerprint density at radius 2 is 0.750 bits per heavy atom. The lowest BCUT2D eigenvalue weighted by molar-refractivity contribution is 1.19. The minimum absolute atomic E-state index is 0.573. The van der Waals surface area contributed by atoms with Gasteiger partial charge >= 0.3 is 0 Å². The van der Waals surface area contributed by atoms with E-state index in [0.717, 1.165) is 35.3 Å². The van der Waals surface area contributed by atoms with Crippen molar-refractivity contribution in [2.75, 3.05) is 22.9 Å². The number of nitrogens with two attached hydrogens (primary N) is 4. The Bertz CT molecular complexity index is 1080. The second-order valence-corrected chi connectivity index (χ2v) is 8.36. The summed E-state index contributed by atoms with van der Waals surface area (Å²) in [4.78, 5) is 0. The number of rotatable bonds is 4. The topological polar surface area (TPSA) is 104 Å². The molecule has 0 unspecified atom stereocenters. The van der Waals surface area contributed by atoms with Gasteiger partial charge in [-0.25, -0.2) is 0 Å². The summed E-state index contributed by atoms with van der Waals surface area (Å²) in [7, 11) is 0. The number of hydrogen-bond acceptors (Lipinski definition) is 4. The second-order valence-electron chi connectivity index (χ2n) is 7.55. The Hall–Kier alpha value is -3.34. The number of anilines is 4. The minimum atomic E-state index is 0.573. The van der Waals surface area contributed by atoms with Crippen LogP contribution >= 0.6 is 23.2 Å². The van der Waals surface area contributed by atoms with Crippen LogP contribution in [0.1, 0.15) is 22.3 Å². The van der Waals surface area contributed by atoms with Crippen LogP contribution in [0.25, 0.3) is 0 Å². The largest absolute Gasteiger partial charge is 0.399 e. The summed E-state index contributed by atoms with van der Waals surface area (Å²) in [6, 6.07) is 27.1. The Kier molecular flexibility index (Phi) is 7.87. The van der Waals surface area contributed by atoms with Gasteiger partial charge in [0.15, 0.2) is 0 Å². The first-order chi connectivity index (χ1) is 15.3. The Balaban J connectivity index is 0.000000182. The Labute approximate surface area is 198 Å². The first-order valence-corrected chi connectivity index (χ1v) is 10.8. The molecule has 0 spiro atoms. The van der Waals surface area contributed by atoms with Crippen molar-refractivity contribution >= 4 is 46.0 Å². The lowest BCUT2D eigenvalue weighted by Crippen LogP contribution is -1.93. The van der Waals surface area contributed by atoms with Crippen molar-refractivity contribution in [2.24, 2.45) is 0 Å². The Morgan fingerprint density at radius 1 is 0.438 bits per heavy atom. The SMILES string of the molecule is Nc1ccc(Cc2ccc(N)c(Cl)c2)cc1Cl.Nc1ccc(Cc2ccc(N)cc2)cc1. The zero-order valence-corrected chi connectivity index (χ0v) is 19.1. The molecule has 0 aliphatic rings. The van der Waals surface area contributed by atoms with E-state index >= 15 is 0 Å². The molecule has 0 saturated carbocycles. The van der Waals surface area contributed by atoms with Crippen LogP contribution in [0, 0.1) is 0 Å². The van der Waals surface area contributed by atoms with Crippen molar-refractivity contribution in [3.05, 3.63) is 117 Å². The van der Waals surface area contributed by atoms with Crippen molar-refractivity contribution in [1.82, 2.24) is 0 Å². The van der Waals surface area contributed by atoms with Gasteiger partial charge in [0.1, 0.15) is 0 Å². The average molecular weight is 465 g/mol. The quantitative estimate of drug-likeness (QED) is 0.270. The van der Waals surface area contributed by atoms with Gasteiger partial charge in [0.2, 0.25) is 0 Å². The Morgan fingerprint density at radius 3 is 1.09 bits per heavy atom. The molecule has 0 heterocycles. The lowest BCUT2D eigenvalue weighted by atomic mass is 10.0. The van der Waals surface area contributed by atoms with Gasteiger partial charge in [-0.15, -0.1) is 0 Å². The molecule has 0 fully saturated rings. The van der Waals surface area contributed by atoms with Gasteiger partial charge in [-0.2, -0.15) is 0 Å². The lowest BCUT2D eigenvalue weighted by Gasteiger charge is -2.06. The first kappa shape index (κ1) is 23.3. The van der Waals surface area contributed by atoms with Crippen LogP contribution in [0.2, 0.25) is 10.0 Å². The van der Waals surface area contributed by atoms with Crippen molar-refractivity contribution in [1.29, 1.82) is 0 Å². The number of benzene rings is 4. The molecule has 0 saturated heterocycles. The van der Waals surface area contributed by atoms with Crippen molar-refractivity contribution in [3.8, 4) is 0 Å². The van der Waals surface area contributed by atoms with E-state index in [2.05, 4.69) is 0 Å². The third-order valence-electron chi connectivity index (χ3n) is 4.91. The van der Waals surface area contributed by atoms with Gasteiger partial charge < -0.3 is 22.9 Å². The molecule has 6 heteroatoms. The number of hydrogen-bond donors (Lipinski definition) is 4.